The maximum atomic E-state index is 12.1. The van der Waals surface area contributed by atoms with E-state index in [0.717, 1.165) is 0 Å². The molecular weight excluding hydrogens is 291 g/mol. The lowest BCUT2D eigenvalue weighted by atomic mass is 10.1. The Balaban J connectivity index is 1.97. The number of aromatic nitrogens is 4. The second-order valence-corrected chi connectivity index (χ2v) is 4.08. The fraction of sp³-hybridized carbons (Fsp3) is 0.273. The van der Waals surface area contributed by atoms with Crippen LogP contribution >= 0.6 is 0 Å². The predicted molar refractivity (Wildman–Crippen MR) is 64.0 cm³/mol. The van der Waals surface area contributed by atoms with Crippen LogP contribution < -0.4 is 5.32 Å². The Kier molecular flexibility index (Phi) is 4.17. The third kappa shape index (κ3) is 3.75. The van der Waals surface area contributed by atoms with Crippen LogP contribution in [0.15, 0.2) is 24.3 Å². The summed E-state index contributed by atoms with van der Waals surface area (Å²) in [5.41, 5.74) is 0.743. The lowest BCUT2D eigenvalue weighted by Crippen LogP contribution is -2.40. The first-order valence-corrected chi connectivity index (χ1v) is 5.75. The molecule has 1 unspecified atom stereocenters. The number of nitrogens with one attached hydrogen (secondary N) is 2. The normalized spacial score (nSPS) is 13.0. The van der Waals surface area contributed by atoms with Gasteiger partial charge in [-0.2, -0.15) is 18.4 Å². The predicted octanol–water partition coefficient (Wildman–Crippen LogP) is 0.520. The summed E-state index contributed by atoms with van der Waals surface area (Å²) < 4.78 is 36.3. The van der Waals surface area contributed by atoms with Crippen molar-refractivity contribution in [2.45, 2.75) is 12.3 Å². The zero-order valence-electron chi connectivity index (χ0n) is 10.4. The van der Waals surface area contributed by atoms with Crippen molar-refractivity contribution >= 4 is 5.91 Å². The zero-order valence-corrected chi connectivity index (χ0v) is 10.4. The van der Waals surface area contributed by atoms with Crippen molar-refractivity contribution in [2.24, 2.45) is 0 Å². The first-order valence-electron chi connectivity index (χ1n) is 5.75. The molecular formula is C11H10F3N5O2. The van der Waals surface area contributed by atoms with Gasteiger partial charge in [0.2, 0.25) is 5.82 Å². The summed E-state index contributed by atoms with van der Waals surface area (Å²) in [6.45, 7) is -0.908. The molecule has 1 aromatic heterocycles. The number of hydrogen-bond donors (Lipinski definition) is 3. The number of hydrogen-bond acceptors (Lipinski definition) is 5. The summed E-state index contributed by atoms with van der Waals surface area (Å²) >= 11 is 0. The molecule has 7 nitrogen and oxygen atoms in total. The number of aliphatic hydroxyl groups is 1. The van der Waals surface area contributed by atoms with Crippen molar-refractivity contribution in [2.75, 3.05) is 6.54 Å². The number of aromatic amines is 1. The highest BCUT2D eigenvalue weighted by atomic mass is 19.4. The number of halogens is 3. The van der Waals surface area contributed by atoms with Gasteiger partial charge in [-0.05, 0) is 17.3 Å². The average Bonchev–Trinajstić information content (AvgIpc) is 2.97. The molecule has 0 fully saturated rings. The minimum Gasteiger partial charge on any atom is -0.382 e. The summed E-state index contributed by atoms with van der Waals surface area (Å²) in [7, 11) is 0. The van der Waals surface area contributed by atoms with Gasteiger partial charge in [0, 0.05) is 11.1 Å². The highest BCUT2D eigenvalue weighted by Gasteiger charge is 2.38. The molecule has 0 radical (unpaired) electrons. The number of benzene rings is 1. The SMILES string of the molecule is O=C(NCC(O)C(F)(F)F)c1ccc(-c2nn[nH]n2)cc1. The minimum atomic E-state index is -4.77. The highest BCUT2D eigenvalue weighted by Crippen LogP contribution is 2.19. The van der Waals surface area contributed by atoms with Crippen LogP contribution in [0.3, 0.4) is 0 Å². The van der Waals surface area contributed by atoms with E-state index >= 15 is 0 Å². The molecule has 1 amide bonds. The van der Waals surface area contributed by atoms with E-state index in [1.165, 1.54) is 24.3 Å². The topological polar surface area (TPSA) is 104 Å². The second-order valence-electron chi connectivity index (χ2n) is 4.08. The van der Waals surface area contributed by atoms with Gasteiger partial charge in [0.25, 0.3) is 5.91 Å². The van der Waals surface area contributed by atoms with Crippen LogP contribution in [0.4, 0.5) is 13.2 Å². The van der Waals surface area contributed by atoms with Gasteiger partial charge in [-0.25, -0.2) is 0 Å². The summed E-state index contributed by atoms with van der Waals surface area (Å²) in [5, 5.41) is 23.9. The molecule has 0 saturated carbocycles. The van der Waals surface area contributed by atoms with Gasteiger partial charge >= 0.3 is 6.18 Å². The molecule has 0 aliphatic rings. The molecule has 21 heavy (non-hydrogen) atoms. The molecule has 0 aliphatic carbocycles. The van der Waals surface area contributed by atoms with Gasteiger partial charge in [-0.1, -0.05) is 12.1 Å². The first kappa shape index (κ1) is 14.9. The fourth-order valence-corrected chi connectivity index (χ4v) is 1.46. The summed E-state index contributed by atoms with van der Waals surface area (Å²) in [5.74, 6) is -0.396. The summed E-state index contributed by atoms with van der Waals surface area (Å²) in [4.78, 5) is 11.6. The van der Waals surface area contributed by atoms with Crippen LogP contribution in [0.25, 0.3) is 11.4 Å². The van der Waals surface area contributed by atoms with Gasteiger partial charge < -0.3 is 10.4 Å². The molecule has 3 N–H and O–H groups in total. The van der Waals surface area contributed by atoms with E-state index in [2.05, 4.69) is 20.6 Å². The van der Waals surface area contributed by atoms with E-state index in [-0.39, 0.29) is 5.56 Å². The van der Waals surface area contributed by atoms with Crippen molar-refractivity contribution in [1.29, 1.82) is 0 Å². The lowest BCUT2D eigenvalue weighted by Gasteiger charge is -2.15. The molecule has 0 bridgehead atoms. The van der Waals surface area contributed by atoms with Crippen LogP contribution in [0.5, 0.6) is 0 Å². The van der Waals surface area contributed by atoms with Gasteiger partial charge in [-0.15, -0.1) is 10.2 Å². The van der Waals surface area contributed by atoms with Crippen LogP contribution in [0.1, 0.15) is 10.4 Å². The van der Waals surface area contributed by atoms with Crippen molar-refractivity contribution in [3.63, 3.8) is 0 Å². The minimum absolute atomic E-state index is 0.150. The first-order chi connectivity index (χ1) is 9.88. The number of tetrazole rings is 1. The molecule has 1 heterocycles. The Bertz CT molecular complexity index is 597. The molecule has 1 aromatic carbocycles. The molecule has 0 saturated heterocycles. The number of amides is 1. The number of rotatable bonds is 4. The molecule has 2 rings (SSSR count). The van der Waals surface area contributed by atoms with E-state index in [0.29, 0.717) is 11.4 Å². The Morgan fingerprint density at radius 3 is 2.52 bits per heavy atom. The van der Waals surface area contributed by atoms with E-state index in [1.54, 1.807) is 0 Å². The Hall–Kier alpha value is -2.49. The average molecular weight is 301 g/mol. The van der Waals surface area contributed by atoms with Crippen LogP contribution in [0.2, 0.25) is 0 Å². The number of alkyl halides is 3. The fourth-order valence-electron chi connectivity index (χ4n) is 1.46. The van der Waals surface area contributed by atoms with Crippen LogP contribution in [-0.4, -0.2) is 50.5 Å². The number of H-pyrrole nitrogens is 1. The second kappa shape index (κ2) is 5.87. The Morgan fingerprint density at radius 1 is 1.33 bits per heavy atom. The van der Waals surface area contributed by atoms with Gasteiger partial charge in [0.05, 0.1) is 6.54 Å². The van der Waals surface area contributed by atoms with Crippen molar-refractivity contribution in [1.82, 2.24) is 25.9 Å². The standard InChI is InChI=1S/C11H10F3N5O2/c12-11(13,14)8(20)5-15-10(21)7-3-1-6(2-4-7)9-16-18-19-17-9/h1-4,8,20H,5H2,(H,15,21)(H,16,17,18,19). The summed E-state index contributed by atoms with van der Waals surface area (Å²) in [6, 6.07) is 5.86. The van der Waals surface area contributed by atoms with E-state index in [1.807, 2.05) is 5.32 Å². The summed E-state index contributed by atoms with van der Waals surface area (Å²) in [6.07, 6.45) is -7.37. The van der Waals surface area contributed by atoms with Crippen molar-refractivity contribution < 1.29 is 23.1 Å². The molecule has 112 valence electrons. The monoisotopic (exact) mass is 301 g/mol. The molecule has 0 spiro atoms. The Labute approximate surface area is 116 Å². The van der Waals surface area contributed by atoms with Crippen molar-refractivity contribution in [3.8, 4) is 11.4 Å². The molecule has 2 aromatic rings. The lowest BCUT2D eigenvalue weighted by molar-refractivity contribution is -0.201. The van der Waals surface area contributed by atoms with Crippen LogP contribution in [0, 0.1) is 0 Å². The van der Waals surface area contributed by atoms with Crippen molar-refractivity contribution in [3.05, 3.63) is 29.8 Å². The highest BCUT2D eigenvalue weighted by molar-refractivity contribution is 5.94. The number of aliphatic hydroxyl groups excluding tert-OH is 1. The molecule has 0 aliphatic heterocycles. The van der Waals surface area contributed by atoms with Gasteiger partial charge in [0.15, 0.2) is 6.10 Å². The van der Waals surface area contributed by atoms with E-state index in [4.69, 9.17) is 5.11 Å². The van der Waals surface area contributed by atoms with Gasteiger partial charge in [-0.3, -0.25) is 4.79 Å². The molecule has 10 heteroatoms. The maximum absolute atomic E-state index is 12.1. The number of carbonyl (C=O) groups is 1. The van der Waals surface area contributed by atoms with E-state index in [9.17, 15) is 18.0 Å². The zero-order chi connectivity index (χ0) is 15.5. The quantitative estimate of drug-likeness (QED) is 0.764. The van der Waals surface area contributed by atoms with Gasteiger partial charge in [0.1, 0.15) is 0 Å². The van der Waals surface area contributed by atoms with Crippen LogP contribution in [-0.2, 0) is 0 Å². The maximum Gasteiger partial charge on any atom is 0.416 e. The number of carbonyl (C=O) groups excluding carboxylic acids is 1. The molecule has 1 atom stereocenters. The van der Waals surface area contributed by atoms with E-state index < -0.39 is 24.7 Å². The third-order valence-corrected chi connectivity index (χ3v) is 2.58. The smallest absolute Gasteiger partial charge is 0.382 e. The Morgan fingerprint density at radius 2 is 2.00 bits per heavy atom. The largest absolute Gasteiger partial charge is 0.416 e. The third-order valence-electron chi connectivity index (χ3n) is 2.58. The number of nitrogens with zero attached hydrogens (tertiary/aromatic N) is 3.